The molecular formula is C112H77BBrO2. The van der Waals surface area contributed by atoms with Gasteiger partial charge in [0.25, 0.3) is 0 Å². The van der Waals surface area contributed by atoms with E-state index in [0.717, 1.165) is 33.7 Å². The van der Waals surface area contributed by atoms with Gasteiger partial charge in [0.1, 0.15) is 5.75 Å². The molecule has 0 fully saturated rings. The van der Waals surface area contributed by atoms with Crippen molar-refractivity contribution < 1.29 is 9.68 Å². The topological polar surface area (TPSA) is 29.5 Å². The van der Waals surface area contributed by atoms with Crippen molar-refractivity contribution >= 4 is 66.7 Å². The molecule has 0 bridgehead atoms. The lowest BCUT2D eigenvalue weighted by Crippen LogP contribution is -2.01. The van der Waals surface area contributed by atoms with Crippen molar-refractivity contribution in [3.63, 3.8) is 0 Å². The van der Waals surface area contributed by atoms with Crippen LogP contribution in [0.25, 0.3) is 188 Å². The molecule has 2 nitrogen and oxygen atoms in total. The second kappa shape index (κ2) is 34.0. The van der Waals surface area contributed by atoms with E-state index in [1.165, 1.54) is 166 Å². The molecule has 0 unspecified atom stereocenters. The zero-order chi connectivity index (χ0) is 77.9. The summed E-state index contributed by atoms with van der Waals surface area (Å²) in [5, 5.41) is 18.4. The van der Waals surface area contributed by atoms with Gasteiger partial charge in [0.05, 0.1) is 0 Å². The van der Waals surface area contributed by atoms with E-state index in [1.807, 2.05) is 54.6 Å². The highest BCUT2D eigenvalue weighted by atomic mass is 79.9. The van der Waals surface area contributed by atoms with Crippen LogP contribution in [0.15, 0.2) is 466 Å². The fourth-order valence-corrected chi connectivity index (χ4v) is 17.4. The van der Waals surface area contributed by atoms with Crippen molar-refractivity contribution in [1.29, 1.82) is 0 Å². The molecule has 1 radical (unpaired) electrons. The maximum atomic E-state index is 9.18. The minimum Gasteiger partial charge on any atom is -0.537 e. The van der Waals surface area contributed by atoms with Crippen molar-refractivity contribution in [3.05, 3.63) is 466 Å². The Bertz CT molecular complexity index is 6720. The van der Waals surface area contributed by atoms with Crippen LogP contribution in [0.4, 0.5) is 0 Å². The molecule has 0 atom stereocenters. The molecule has 547 valence electrons. The van der Waals surface area contributed by atoms with Gasteiger partial charge in [0.2, 0.25) is 0 Å². The molecule has 0 saturated heterocycles. The lowest BCUT2D eigenvalue weighted by molar-refractivity contribution is 0.459. The third-order valence-corrected chi connectivity index (χ3v) is 22.4. The van der Waals surface area contributed by atoms with Crippen LogP contribution >= 0.6 is 15.9 Å². The minimum atomic E-state index is 0.679. The quantitative estimate of drug-likeness (QED) is 0.0819. The van der Waals surface area contributed by atoms with Crippen molar-refractivity contribution in [3.8, 4) is 150 Å². The Morgan fingerprint density at radius 2 is 0.362 bits per heavy atom. The maximum Gasteiger partial charge on any atom is 0.569 e. The van der Waals surface area contributed by atoms with Crippen LogP contribution in [0.1, 0.15) is 0 Å². The van der Waals surface area contributed by atoms with E-state index in [-0.39, 0.29) is 0 Å². The Morgan fingerprint density at radius 1 is 0.164 bits per heavy atom. The van der Waals surface area contributed by atoms with Crippen molar-refractivity contribution in [2.45, 2.75) is 0 Å². The van der Waals surface area contributed by atoms with Gasteiger partial charge >= 0.3 is 7.69 Å². The number of hydrogen-bond acceptors (Lipinski definition) is 2. The van der Waals surface area contributed by atoms with Gasteiger partial charge in [-0.1, -0.05) is 447 Å². The van der Waals surface area contributed by atoms with E-state index in [0.29, 0.717) is 5.75 Å². The molecule has 0 aliphatic carbocycles. The number of benzene rings is 20. The number of halogens is 1. The van der Waals surface area contributed by atoms with Gasteiger partial charge < -0.3 is 9.68 Å². The second-order valence-electron chi connectivity index (χ2n) is 28.8. The van der Waals surface area contributed by atoms with Gasteiger partial charge in [-0.15, -0.1) is 0 Å². The average Bonchev–Trinajstić information content (AvgIpc) is 0.566. The van der Waals surface area contributed by atoms with E-state index in [2.05, 4.69) is 422 Å². The Morgan fingerprint density at radius 3 is 0.647 bits per heavy atom. The summed E-state index contributed by atoms with van der Waals surface area (Å²) >= 11 is 3.72. The third-order valence-electron chi connectivity index (χ3n) is 21.9. The Labute approximate surface area is 687 Å². The predicted octanol–water partition coefficient (Wildman–Crippen LogP) is 31.0. The first-order chi connectivity index (χ1) is 57.5. The summed E-state index contributed by atoms with van der Waals surface area (Å²) in [5.41, 5.74) is 31.5. The normalized spacial score (nSPS) is 11.0. The zero-order valence-electron chi connectivity index (χ0n) is 63.7. The van der Waals surface area contributed by atoms with Gasteiger partial charge in [-0.3, -0.25) is 0 Å². The van der Waals surface area contributed by atoms with E-state index in [4.69, 9.17) is 4.65 Å². The summed E-state index contributed by atoms with van der Waals surface area (Å²) < 4.78 is 6.52. The van der Waals surface area contributed by atoms with E-state index in [1.54, 1.807) is 0 Å². The molecular weight excluding hydrogens is 1470 g/mol. The number of rotatable bonds is 15. The van der Waals surface area contributed by atoms with Gasteiger partial charge in [0.15, 0.2) is 0 Å². The van der Waals surface area contributed by atoms with E-state index in [9.17, 15) is 5.02 Å². The lowest BCUT2D eigenvalue weighted by Gasteiger charge is -2.25. The first kappa shape index (κ1) is 73.2. The Hall–Kier alpha value is -14.3. The molecule has 20 rings (SSSR count). The molecule has 0 aliphatic rings. The summed E-state index contributed by atoms with van der Waals surface area (Å²) in [6, 6.07) is 165. The van der Waals surface area contributed by atoms with Crippen molar-refractivity contribution in [2.75, 3.05) is 0 Å². The fourth-order valence-electron chi connectivity index (χ4n) is 17.0. The number of hydrogen-bond donors (Lipinski definition) is 1. The fraction of sp³-hybridized carbons (Fsp3) is 0. The van der Waals surface area contributed by atoms with Crippen LogP contribution in [-0.2, 0) is 0 Å². The van der Waals surface area contributed by atoms with E-state index >= 15 is 0 Å². The van der Waals surface area contributed by atoms with Crippen molar-refractivity contribution in [2.24, 2.45) is 0 Å². The molecule has 0 aromatic heterocycles. The smallest absolute Gasteiger partial charge is 0.537 e. The molecule has 0 saturated carbocycles. The van der Waals surface area contributed by atoms with Crippen LogP contribution in [0.3, 0.4) is 0 Å². The summed E-state index contributed by atoms with van der Waals surface area (Å²) in [6.07, 6.45) is 0. The Kier molecular flexibility index (Phi) is 21.5. The van der Waals surface area contributed by atoms with Crippen LogP contribution in [0.2, 0.25) is 0 Å². The maximum absolute atomic E-state index is 9.18. The first-order valence-electron chi connectivity index (χ1n) is 39.4. The number of fused-ring (bicyclic) bond motifs is 4. The monoisotopic (exact) mass is 1540 g/mol. The van der Waals surface area contributed by atoms with Crippen LogP contribution in [0.5, 0.6) is 5.75 Å². The predicted molar refractivity (Wildman–Crippen MR) is 496 cm³/mol. The van der Waals surface area contributed by atoms with Gasteiger partial charge in [-0.2, -0.15) is 0 Å². The SMILES string of the molecule is Brc1cccc(-c2cc(-c3ccccc3)c(-c3ccccc3)c(-c3ccccc3)c2-c2ccccc2)c1.O[B]Oc1c2ccccc2c(-c2ccccc2)c2ccccc12.c1ccc(-c2cc(-c3cccc(-c4c5ccccc5c(-c5ccccc5)c5ccccc45)c3)c(-c3ccccc3)c(-c3ccccc3)c2-c2ccccc2)cc1. The van der Waals surface area contributed by atoms with Crippen molar-refractivity contribution in [1.82, 2.24) is 0 Å². The van der Waals surface area contributed by atoms with Gasteiger partial charge in [-0.25, -0.2) is 0 Å². The molecule has 1 N–H and O–H groups in total. The zero-order valence-corrected chi connectivity index (χ0v) is 65.3. The molecule has 116 heavy (non-hydrogen) atoms. The first-order valence-corrected chi connectivity index (χ1v) is 40.1. The second-order valence-corrected chi connectivity index (χ2v) is 29.7. The highest BCUT2D eigenvalue weighted by molar-refractivity contribution is 9.10. The van der Waals surface area contributed by atoms with Crippen LogP contribution in [-0.4, -0.2) is 12.7 Å². The highest BCUT2D eigenvalue weighted by Gasteiger charge is 2.27. The molecule has 4 heteroatoms. The van der Waals surface area contributed by atoms with Gasteiger partial charge in [-0.05, 0) is 207 Å². The largest absolute Gasteiger partial charge is 0.569 e. The summed E-state index contributed by atoms with van der Waals surface area (Å²) in [7, 11) is 0.746. The average molecular weight is 1550 g/mol. The highest BCUT2D eigenvalue weighted by Crippen LogP contribution is 2.54. The standard InChI is InChI=1S/C56H38.C36H25Br.C20H14BO2/c1-6-21-39(22-7-1)50-38-51(55(42-27-12-4-13-28-42)56(43-29-14-5-15-30-43)54(50)41-25-10-3-11-26-41)44-31-20-32-45(37-44)53-48-35-18-16-33-46(48)52(40-23-8-2-9-24-40)47-34-17-19-36-49(47)53;37-31-23-13-22-30(24-31)33-25-32(26-14-5-1-6-15-26)34(27-16-7-2-8-17-27)36(29-20-11-4-12-21-29)35(33)28-18-9-3-10-19-28;22-21-23-20-17-12-6-4-10-15(17)19(14-8-2-1-3-9-14)16-11-5-7-13-18(16)20/h1-38H;1-25H;1-13,22H. The summed E-state index contributed by atoms with van der Waals surface area (Å²) in [4.78, 5) is 0. The van der Waals surface area contributed by atoms with Crippen LogP contribution < -0.4 is 4.65 Å². The Balaban J connectivity index is 0.000000133. The third kappa shape index (κ3) is 14.8. The molecule has 0 heterocycles. The minimum absolute atomic E-state index is 0.679. The molecule has 20 aromatic carbocycles. The molecule has 0 amide bonds. The van der Waals surface area contributed by atoms with Crippen LogP contribution in [0, 0.1) is 0 Å². The molecule has 0 spiro atoms. The molecule has 20 aromatic rings. The lowest BCUT2D eigenvalue weighted by atomic mass is 9.78. The summed E-state index contributed by atoms with van der Waals surface area (Å²) in [5.74, 6) is 0.679. The summed E-state index contributed by atoms with van der Waals surface area (Å²) in [6.45, 7) is 0. The van der Waals surface area contributed by atoms with E-state index < -0.39 is 0 Å². The van der Waals surface area contributed by atoms with Gasteiger partial charge in [0, 0.05) is 15.2 Å². The molecule has 0 aliphatic heterocycles.